The Morgan fingerprint density at radius 1 is 1.41 bits per heavy atom. The van der Waals surface area contributed by atoms with E-state index in [0.717, 1.165) is 22.3 Å². The number of aryl methyl sites for hydroxylation is 1. The summed E-state index contributed by atoms with van der Waals surface area (Å²) in [5, 5.41) is 4.65. The summed E-state index contributed by atoms with van der Waals surface area (Å²) in [6.45, 7) is 4.44. The molecule has 2 aromatic rings. The van der Waals surface area contributed by atoms with Gasteiger partial charge in [-0.1, -0.05) is 0 Å². The third kappa shape index (κ3) is 2.29. The molecule has 1 aromatic carbocycles. The monoisotopic (exact) mass is 229 g/mol. The van der Waals surface area contributed by atoms with Crippen LogP contribution in [0.15, 0.2) is 29.4 Å². The molecule has 1 N–H and O–H groups in total. The summed E-state index contributed by atoms with van der Waals surface area (Å²) < 4.78 is 5.42. The summed E-state index contributed by atoms with van der Waals surface area (Å²) in [4.78, 5) is 7.49. The average molecular weight is 229 g/mol. The van der Waals surface area contributed by atoms with E-state index in [2.05, 4.69) is 15.0 Å². The second-order valence-electron chi connectivity index (χ2n) is 3.59. The van der Waals surface area contributed by atoms with Gasteiger partial charge in [0.2, 0.25) is 4.91 Å². The molecule has 17 heavy (non-hydrogen) atoms. The predicted octanol–water partition coefficient (Wildman–Crippen LogP) is 3.12. The Bertz CT molecular complexity index is 603. The van der Waals surface area contributed by atoms with Crippen molar-refractivity contribution in [2.75, 3.05) is 6.61 Å². The van der Waals surface area contributed by atoms with Crippen molar-refractivity contribution in [3.05, 3.63) is 30.0 Å². The highest BCUT2D eigenvalue weighted by atomic mass is 16.5. The third-order valence-corrected chi connectivity index (χ3v) is 2.36. The Balaban J connectivity index is 2.66. The quantitative estimate of drug-likeness (QED) is 0.648. The minimum absolute atomic E-state index is 0.622. The number of hydrogen-bond acceptors (Lipinski definition) is 4. The topological polar surface area (TPSA) is 72.4 Å². The normalized spacial score (nSPS) is 10.0. The molecule has 0 fully saturated rings. The molecule has 1 heterocycles. The van der Waals surface area contributed by atoms with Crippen LogP contribution in [0.2, 0.25) is 0 Å². The molecule has 0 radical (unpaired) electrons. The van der Waals surface area contributed by atoms with E-state index in [4.69, 9.17) is 10.3 Å². The largest absolute Gasteiger partial charge is 0.494 e. The van der Waals surface area contributed by atoms with Crippen LogP contribution in [-0.4, -0.2) is 11.6 Å². The second-order valence-corrected chi connectivity index (χ2v) is 3.59. The number of rotatable bonds is 3. The van der Waals surface area contributed by atoms with E-state index in [1.54, 1.807) is 6.07 Å². The van der Waals surface area contributed by atoms with Crippen LogP contribution < -0.4 is 9.65 Å². The van der Waals surface area contributed by atoms with Crippen LogP contribution in [0.3, 0.4) is 0 Å². The molecule has 5 nitrogen and oxygen atoms in total. The van der Waals surface area contributed by atoms with Crippen molar-refractivity contribution in [3.63, 3.8) is 0 Å². The standard InChI is InChI=1S/C12H13N4O/c1-3-17-9-4-5-10-11(7-9)14-8(2)6-12(10)15-16-13/h4-7,13H,3H2,1-2H3/q+1. The lowest BCUT2D eigenvalue weighted by atomic mass is 10.1. The highest BCUT2D eigenvalue weighted by Gasteiger charge is 2.08. The van der Waals surface area contributed by atoms with Crippen molar-refractivity contribution in [1.82, 2.24) is 9.90 Å². The molecule has 0 spiro atoms. The minimum Gasteiger partial charge on any atom is -0.494 e. The molecule has 0 bridgehead atoms. The number of hydrogen-bond donors (Lipinski definition) is 1. The van der Waals surface area contributed by atoms with Gasteiger partial charge in [-0.2, -0.15) is 0 Å². The summed E-state index contributed by atoms with van der Waals surface area (Å²) in [6, 6.07) is 7.43. The molecule has 0 aliphatic rings. The fourth-order valence-corrected chi connectivity index (χ4v) is 1.71. The summed E-state index contributed by atoms with van der Waals surface area (Å²) in [7, 11) is 0. The summed E-state index contributed by atoms with van der Waals surface area (Å²) in [6.07, 6.45) is 0. The number of nitrogens with zero attached hydrogens (tertiary/aromatic N) is 3. The molecule has 1 aromatic heterocycles. The first kappa shape index (κ1) is 11.2. The molecule has 2 rings (SSSR count). The van der Waals surface area contributed by atoms with Gasteiger partial charge >= 0.3 is 0 Å². The summed E-state index contributed by atoms with van der Waals surface area (Å²) in [5.74, 6) is 0.784. The Labute approximate surface area is 98.7 Å². The van der Waals surface area contributed by atoms with Gasteiger partial charge in [-0.15, -0.1) is 0 Å². The molecule has 0 amide bonds. The lowest BCUT2D eigenvalue weighted by molar-refractivity contribution is 0.340. The van der Waals surface area contributed by atoms with Crippen molar-refractivity contribution >= 4 is 16.6 Å². The number of fused-ring (bicyclic) bond motifs is 1. The molecule has 86 valence electrons. The molecule has 0 aliphatic carbocycles. The molecule has 0 atom stereocenters. The molecule has 0 saturated carbocycles. The highest BCUT2D eigenvalue weighted by molar-refractivity contribution is 5.90. The first-order valence-electron chi connectivity index (χ1n) is 5.36. The van der Waals surface area contributed by atoms with Crippen molar-refractivity contribution < 1.29 is 4.74 Å². The Morgan fingerprint density at radius 3 is 2.94 bits per heavy atom. The van der Waals surface area contributed by atoms with Gasteiger partial charge < -0.3 is 4.74 Å². The van der Waals surface area contributed by atoms with Crippen LogP contribution in [0.5, 0.6) is 5.75 Å². The van der Waals surface area contributed by atoms with Crippen molar-refractivity contribution in [1.29, 1.82) is 5.53 Å². The van der Waals surface area contributed by atoms with Gasteiger partial charge in [0.25, 0.3) is 0 Å². The molecular formula is C12H13N4O+. The van der Waals surface area contributed by atoms with Crippen LogP contribution in [-0.2, 0) is 0 Å². The summed E-state index contributed by atoms with van der Waals surface area (Å²) >= 11 is 0. The third-order valence-electron chi connectivity index (χ3n) is 2.36. The van der Waals surface area contributed by atoms with E-state index in [9.17, 15) is 0 Å². The molecule has 5 heteroatoms. The zero-order valence-electron chi connectivity index (χ0n) is 9.77. The predicted molar refractivity (Wildman–Crippen MR) is 64.6 cm³/mol. The lowest BCUT2D eigenvalue weighted by Gasteiger charge is -2.05. The van der Waals surface area contributed by atoms with Gasteiger partial charge in [0.05, 0.1) is 12.1 Å². The number of aromatic nitrogens is 1. The minimum atomic E-state index is 0.622. The zero-order valence-corrected chi connectivity index (χ0v) is 9.77. The lowest BCUT2D eigenvalue weighted by Crippen LogP contribution is -1.92. The van der Waals surface area contributed by atoms with Gasteiger partial charge in [0, 0.05) is 17.1 Å². The maximum Gasteiger partial charge on any atom is 0.220 e. The van der Waals surface area contributed by atoms with Gasteiger partial charge in [-0.3, -0.25) is 4.98 Å². The number of benzene rings is 1. The van der Waals surface area contributed by atoms with Gasteiger partial charge in [-0.05, 0) is 32.0 Å². The van der Waals surface area contributed by atoms with E-state index < -0.39 is 0 Å². The fraction of sp³-hybridized carbons (Fsp3) is 0.250. The molecular weight excluding hydrogens is 216 g/mol. The second kappa shape index (κ2) is 4.72. The first-order chi connectivity index (χ1) is 8.24. The van der Waals surface area contributed by atoms with Crippen LogP contribution in [0, 0.1) is 12.5 Å². The van der Waals surface area contributed by atoms with Crippen molar-refractivity contribution in [2.24, 2.45) is 5.11 Å². The van der Waals surface area contributed by atoms with Crippen LogP contribution in [0.25, 0.3) is 10.9 Å². The first-order valence-corrected chi connectivity index (χ1v) is 5.36. The van der Waals surface area contributed by atoms with Crippen LogP contribution >= 0.6 is 0 Å². The molecule has 0 unspecified atom stereocenters. The molecule has 0 saturated heterocycles. The number of ether oxygens (including phenoxy) is 1. The zero-order chi connectivity index (χ0) is 12.3. The van der Waals surface area contributed by atoms with Gasteiger partial charge in [0.15, 0.2) is 10.8 Å². The van der Waals surface area contributed by atoms with Gasteiger partial charge in [-0.25, -0.2) is 0 Å². The van der Waals surface area contributed by atoms with Crippen LogP contribution in [0.1, 0.15) is 12.6 Å². The van der Waals surface area contributed by atoms with E-state index in [1.807, 2.05) is 32.0 Å². The van der Waals surface area contributed by atoms with E-state index in [0.29, 0.717) is 12.3 Å². The SMILES string of the molecule is CCOc1ccc2c(N=[N+]=N)cc(C)nc2c1. The Hall–Kier alpha value is -2.26. The maximum atomic E-state index is 6.81. The highest BCUT2D eigenvalue weighted by Crippen LogP contribution is 2.28. The van der Waals surface area contributed by atoms with E-state index in [-0.39, 0.29) is 0 Å². The van der Waals surface area contributed by atoms with Crippen LogP contribution in [0.4, 0.5) is 5.69 Å². The maximum absolute atomic E-state index is 6.81. The Morgan fingerprint density at radius 2 is 2.24 bits per heavy atom. The van der Waals surface area contributed by atoms with E-state index in [1.165, 1.54) is 0 Å². The number of nitrogens with one attached hydrogen (secondary N) is 1. The molecule has 0 aliphatic heterocycles. The van der Waals surface area contributed by atoms with Crippen molar-refractivity contribution in [3.8, 4) is 5.75 Å². The van der Waals surface area contributed by atoms with Gasteiger partial charge in [0.1, 0.15) is 11.3 Å². The van der Waals surface area contributed by atoms with Crippen molar-refractivity contribution in [2.45, 2.75) is 13.8 Å². The summed E-state index contributed by atoms with van der Waals surface area (Å²) in [5.41, 5.74) is 9.11. The Kier molecular flexibility index (Phi) is 3.12. The average Bonchev–Trinajstić information content (AvgIpc) is 2.29. The fourth-order valence-electron chi connectivity index (χ4n) is 1.71. The number of pyridine rings is 1. The van der Waals surface area contributed by atoms with E-state index >= 15 is 0 Å². The smallest absolute Gasteiger partial charge is 0.220 e.